The highest BCUT2D eigenvalue weighted by atomic mass is 16.5. The lowest BCUT2D eigenvalue weighted by molar-refractivity contribution is 0.0906. The highest BCUT2D eigenvalue weighted by Crippen LogP contribution is 2.18. The minimum atomic E-state index is 0.544. The molecule has 3 heterocycles. The van der Waals surface area contributed by atoms with E-state index in [1.807, 2.05) is 19.3 Å². The van der Waals surface area contributed by atoms with Gasteiger partial charge in [0.25, 0.3) is 0 Å². The second-order valence-corrected chi connectivity index (χ2v) is 8.81. The Labute approximate surface area is 192 Å². The Hall–Kier alpha value is -2.64. The van der Waals surface area contributed by atoms with E-state index in [1.165, 1.54) is 11.1 Å². The van der Waals surface area contributed by atoms with Crippen molar-refractivity contribution in [3.8, 4) is 0 Å². The average molecular weight is 437 g/mol. The lowest BCUT2D eigenvalue weighted by Crippen LogP contribution is -2.44. The van der Waals surface area contributed by atoms with E-state index in [4.69, 9.17) is 4.74 Å². The first kappa shape index (κ1) is 22.6. The molecule has 0 saturated carbocycles. The van der Waals surface area contributed by atoms with Gasteiger partial charge in [0.1, 0.15) is 5.82 Å². The summed E-state index contributed by atoms with van der Waals surface area (Å²) in [6, 6.07) is 14.7. The summed E-state index contributed by atoms with van der Waals surface area (Å²) in [6.45, 7) is 8.46. The number of aromatic nitrogens is 1. The van der Waals surface area contributed by atoms with Crippen LogP contribution in [-0.4, -0.2) is 80.7 Å². The number of aliphatic imine (C=N–C) groups is 1. The van der Waals surface area contributed by atoms with E-state index < -0.39 is 0 Å². The Morgan fingerprint density at radius 1 is 1.09 bits per heavy atom. The van der Waals surface area contributed by atoms with Crippen LogP contribution in [0.5, 0.6) is 0 Å². The first-order chi connectivity index (χ1) is 15.7. The molecule has 7 nitrogen and oxygen atoms in total. The fourth-order valence-electron chi connectivity index (χ4n) is 4.37. The minimum absolute atomic E-state index is 0.544. The van der Waals surface area contributed by atoms with Gasteiger partial charge in [-0.15, -0.1) is 0 Å². The number of nitrogens with zero attached hydrogens (tertiary/aromatic N) is 5. The van der Waals surface area contributed by atoms with Gasteiger partial charge in [-0.3, -0.25) is 4.99 Å². The zero-order valence-electron chi connectivity index (χ0n) is 19.4. The average Bonchev–Trinajstić information content (AvgIpc) is 3.29. The van der Waals surface area contributed by atoms with Crippen LogP contribution in [-0.2, 0) is 17.9 Å². The van der Waals surface area contributed by atoms with Gasteiger partial charge in [0.2, 0.25) is 0 Å². The number of hydrogen-bond acceptors (Lipinski definition) is 5. The van der Waals surface area contributed by atoms with Crippen molar-refractivity contribution < 1.29 is 4.74 Å². The van der Waals surface area contributed by atoms with Crippen LogP contribution in [0.3, 0.4) is 0 Å². The van der Waals surface area contributed by atoms with Gasteiger partial charge in [-0.25, -0.2) is 4.98 Å². The Balaban J connectivity index is 1.23. The van der Waals surface area contributed by atoms with Crippen LogP contribution in [0.1, 0.15) is 17.5 Å². The third kappa shape index (κ3) is 6.20. The zero-order chi connectivity index (χ0) is 22.2. The van der Waals surface area contributed by atoms with Gasteiger partial charge >= 0.3 is 0 Å². The smallest absolute Gasteiger partial charge is 0.193 e. The molecule has 2 aliphatic rings. The number of benzene rings is 1. The monoisotopic (exact) mass is 436 g/mol. The molecule has 7 heteroatoms. The number of ether oxygens (including phenoxy) is 1. The molecule has 2 aliphatic heterocycles. The third-order valence-electron chi connectivity index (χ3n) is 6.35. The molecule has 1 unspecified atom stereocenters. The Kier molecular flexibility index (Phi) is 7.96. The first-order valence-corrected chi connectivity index (χ1v) is 11.7. The predicted molar refractivity (Wildman–Crippen MR) is 130 cm³/mol. The molecular weight excluding hydrogens is 400 g/mol. The van der Waals surface area contributed by atoms with Gasteiger partial charge in [0, 0.05) is 65.0 Å². The highest BCUT2D eigenvalue weighted by Gasteiger charge is 2.25. The van der Waals surface area contributed by atoms with Crippen LogP contribution in [0.4, 0.5) is 5.82 Å². The van der Waals surface area contributed by atoms with Crippen LogP contribution in [0.25, 0.3) is 0 Å². The third-order valence-corrected chi connectivity index (χ3v) is 6.35. The fraction of sp³-hybridized carbons (Fsp3) is 0.520. The van der Waals surface area contributed by atoms with Crippen LogP contribution >= 0.6 is 0 Å². The second-order valence-electron chi connectivity index (χ2n) is 8.81. The predicted octanol–water partition coefficient (Wildman–Crippen LogP) is 2.45. The summed E-state index contributed by atoms with van der Waals surface area (Å²) in [4.78, 5) is 16.2. The Morgan fingerprint density at radius 3 is 2.69 bits per heavy atom. The molecule has 2 saturated heterocycles. The SMILES string of the molecule is CN=C(NCc1ccnc(N2CCN(C)CC2)c1)N1CCC(COCc2ccccc2)C1. The number of piperazine rings is 1. The van der Waals surface area contributed by atoms with Crippen LogP contribution < -0.4 is 10.2 Å². The molecular formula is C25H36N6O. The molecule has 172 valence electrons. The zero-order valence-corrected chi connectivity index (χ0v) is 19.4. The molecule has 32 heavy (non-hydrogen) atoms. The molecule has 1 N–H and O–H groups in total. The molecule has 4 rings (SSSR count). The number of likely N-dealkylation sites (tertiary alicyclic amines) is 1. The van der Waals surface area contributed by atoms with Gasteiger partial charge in [0.15, 0.2) is 5.96 Å². The van der Waals surface area contributed by atoms with Gasteiger partial charge in [-0.05, 0) is 36.7 Å². The standard InChI is InChI=1S/C25H36N6O/c1-26-25(31-11-9-23(18-31)20-32-19-21-6-4-3-5-7-21)28-17-22-8-10-27-24(16-22)30-14-12-29(2)13-15-30/h3-8,10,16,23H,9,11-15,17-20H2,1-2H3,(H,26,28). The van der Waals surface area contributed by atoms with Crippen LogP contribution in [0.2, 0.25) is 0 Å². The molecule has 0 radical (unpaired) electrons. The number of nitrogens with one attached hydrogen (secondary N) is 1. The maximum atomic E-state index is 5.97. The minimum Gasteiger partial charge on any atom is -0.376 e. The number of pyridine rings is 1. The van der Waals surface area contributed by atoms with Gasteiger partial charge < -0.3 is 24.8 Å². The van der Waals surface area contributed by atoms with Crippen molar-refractivity contribution in [3.63, 3.8) is 0 Å². The highest BCUT2D eigenvalue weighted by molar-refractivity contribution is 5.80. The molecule has 0 aliphatic carbocycles. The van der Waals surface area contributed by atoms with Crippen molar-refractivity contribution in [1.29, 1.82) is 0 Å². The van der Waals surface area contributed by atoms with E-state index in [9.17, 15) is 0 Å². The van der Waals surface area contributed by atoms with Crippen molar-refractivity contribution in [2.24, 2.45) is 10.9 Å². The molecule has 2 fully saturated rings. The summed E-state index contributed by atoms with van der Waals surface area (Å²) < 4.78 is 5.97. The topological polar surface area (TPSA) is 56.2 Å². The van der Waals surface area contributed by atoms with E-state index in [0.717, 1.165) is 70.6 Å². The van der Waals surface area contributed by atoms with Gasteiger partial charge in [-0.1, -0.05) is 30.3 Å². The Morgan fingerprint density at radius 2 is 1.91 bits per heavy atom. The number of anilines is 1. The lowest BCUT2D eigenvalue weighted by atomic mass is 10.1. The number of rotatable bonds is 7. The summed E-state index contributed by atoms with van der Waals surface area (Å²) in [7, 11) is 4.04. The van der Waals surface area contributed by atoms with Crippen LogP contribution in [0.15, 0.2) is 53.7 Å². The number of guanidine groups is 1. The molecule has 0 bridgehead atoms. The summed E-state index contributed by atoms with van der Waals surface area (Å²) in [5.74, 6) is 2.58. The van der Waals surface area contributed by atoms with Crippen molar-refractivity contribution in [3.05, 3.63) is 59.8 Å². The van der Waals surface area contributed by atoms with E-state index in [0.29, 0.717) is 12.5 Å². The van der Waals surface area contributed by atoms with Crippen molar-refractivity contribution in [2.45, 2.75) is 19.6 Å². The second kappa shape index (κ2) is 11.3. The fourth-order valence-corrected chi connectivity index (χ4v) is 4.37. The maximum absolute atomic E-state index is 5.97. The van der Waals surface area contributed by atoms with E-state index in [2.05, 4.69) is 73.4 Å². The summed E-state index contributed by atoms with van der Waals surface area (Å²) in [6.07, 6.45) is 3.06. The molecule has 2 aromatic rings. The molecule has 0 spiro atoms. The number of likely N-dealkylation sites (N-methyl/N-ethyl adjacent to an activating group) is 1. The quantitative estimate of drug-likeness (QED) is 0.532. The Bertz CT molecular complexity index is 866. The summed E-state index contributed by atoms with van der Waals surface area (Å²) in [5.41, 5.74) is 2.46. The first-order valence-electron chi connectivity index (χ1n) is 11.7. The molecule has 1 aromatic heterocycles. The molecule has 1 aromatic carbocycles. The molecule has 1 atom stereocenters. The van der Waals surface area contributed by atoms with Crippen molar-refractivity contribution in [2.75, 3.05) is 64.9 Å². The normalized spacial score (nSPS) is 20.1. The van der Waals surface area contributed by atoms with E-state index in [1.54, 1.807) is 0 Å². The van der Waals surface area contributed by atoms with Crippen molar-refractivity contribution >= 4 is 11.8 Å². The maximum Gasteiger partial charge on any atom is 0.193 e. The van der Waals surface area contributed by atoms with Crippen molar-refractivity contribution in [1.82, 2.24) is 20.1 Å². The van der Waals surface area contributed by atoms with Gasteiger partial charge in [0.05, 0.1) is 13.2 Å². The number of hydrogen-bond donors (Lipinski definition) is 1. The molecule has 0 amide bonds. The van der Waals surface area contributed by atoms with E-state index >= 15 is 0 Å². The van der Waals surface area contributed by atoms with E-state index in [-0.39, 0.29) is 0 Å². The lowest BCUT2D eigenvalue weighted by Gasteiger charge is -2.33. The largest absolute Gasteiger partial charge is 0.376 e. The van der Waals surface area contributed by atoms with Gasteiger partial charge in [-0.2, -0.15) is 0 Å². The van der Waals surface area contributed by atoms with Crippen LogP contribution in [0, 0.1) is 5.92 Å². The summed E-state index contributed by atoms with van der Waals surface area (Å²) >= 11 is 0. The summed E-state index contributed by atoms with van der Waals surface area (Å²) in [5, 5.41) is 3.55.